The monoisotopic (exact) mass is 252 g/mol. The van der Waals surface area contributed by atoms with E-state index in [1.807, 2.05) is 11.3 Å². The molecule has 0 aromatic carbocycles. The summed E-state index contributed by atoms with van der Waals surface area (Å²) in [6.07, 6.45) is 5.34. The zero-order valence-corrected chi connectivity index (χ0v) is 11.7. The van der Waals surface area contributed by atoms with Crippen LogP contribution in [0.2, 0.25) is 0 Å². The Morgan fingerprint density at radius 3 is 3.00 bits per heavy atom. The first-order valence-electron chi connectivity index (χ1n) is 6.78. The Morgan fingerprint density at radius 1 is 1.47 bits per heavy atom. The van der Waals surface area contributed by atoms with Crippen molar-refractivity contribution in [1.29, 1.82) is 0 Å². The second-order valence-electron chi connectivity index (χ2n) is 5.19. The summed E-state index contributed by atoms with van der Waals surface area (Å²) >= 11 is 1.84. The molecule has 3 atom stereocenters. The second-order valence-corrected chi connectivity index (χ2v) is 6.17. The lowest BCUT2D eigenvalue weighted by Crippen LogP contribution is -2.40. The summed E-state index contributed by atoms with van der Waals surface area (Å²) in [5, 5.41) is 9.47. The van der Waals surface area contributed by atoms with Crippen LogP contribution in [0.25, 0.3) is 0 Å². The van der Waals surface area contributed by atoms with Gasteiger partial charge in [-0.1, -0.05) is 12.5 Å². The molecule has 1 saturated heterocycles. The summed E-state index contributed by atoms with van der Waals surface area (Å²) in [5.74, 6) is 0. The van der Waals surface area contributed by atoms with Crippen LogP contribution in [-0.4, -0.2) is 18.6 Å². The highest BCUT2D eigenvalue weighted by Gasteiger charge is 2.17. The Bertz CT molecular complexity index is 304. The normalized spacial score (nSPS) is 24.5. The molecule has 0 aliphatic carbocycles. The quantitative estimate of drug-likeness (QED) is 0.840. The third-order valence-corrected chi connectivity index (χ3v) is 4.61. The molecule has 2 unspecified atom stereocenters. The fourth-order valence-electron chi connectivity index (χ4n) is 2.67. The van der Waals surface area contributed by atoms with E-state index in [0.717, 1.165) is 6.04 Å². The number of nitrogens with one attached hydrogen (secondary N) is 2. The van der Waals surface area contributed by atoms with Crippen molar-refractivity contribution in [3.63, 3.8) is 0 Å². The zero-order chi connectivity index (χ0) is 12.1. The van der Waals surface area contributed by atoms with E-state index in [1.165, 1.54) is 37.1 Å². The standard InChI is InChI=1S/C14H24N2S/c1-11(10-13-6-3-4-8-15-13)16-12(2)14-7-5-9-17-14/h5,7,9,11-13,15-16H,3-4,6,8,10H2,1-2H3/t11?,12-,13?/m0/s1. The van der Waals surface area contributed by atoms with Crippen LogP contribution in [0.4, 0.5) is 0 Å². The molecular weight excluding hydrogens is 228 g/mol. The Labute approximate surface area is 109 Å². The molecule has 1 fully saturated rings. The fraction of sp³-hybridized carbons (Fsp3) is 0.714. The lowest BCUT2D eigenvalue weighted by atomic mass is 9.98. The number of thiophene rings is 1. The minimum absolute atomic E-state index is 0.480. The summed E-state index contributed by atoms with van der Waals surface area (Å²) in [6, 6.07) is 6.14. The van der Waals surface area contributed by atoms with Crippen molar-refractivity contribution in [3.8, 4) is 0 Å². The van der Waals surface area contributed by atoms with Crippen LogP contribution >= 0.6 is 11.3 Å². The number of rotatable bonds is 5. The average Bonchev–Trinajstić information content (AvgIpc) is 2.83. The minimum atomic E-state index is 0.480. The van der Waals surface area contributed by atoms with E-state index in [2.05, 4.69) is 42.0 Å². The molecule has 96 valence electrons. The first-order valence-corrected chi connectivity index (χ1v) is 7.66. The van der Waals surface area contributed by atoms with Crippen molar-refractivity contribution < 1.29 is 0 Å². The van der Waals surface area contributed by atoms with Gasteiger partial charge in [-0.2, -0.15) is 0 Å². The highest BCUT2D eigenvalue weighted by molar-refractivity contribution is 7.10. The lowest BCUT2D eigenvalue weighted by molar-refractivity contribution is 0.335. The van der Waals surface area contributed by atoms with Gasteiger partial charge in [-0.05, 0) is 51.1 Å². The zero-order valence-electron chi connectivity index (χ0n) is 10.9. The van der Waals surface area contributed by atoms with Crippen LogP contribution in [0.15, 0.2) is 17.5 Å². The van der Waals surface area contributed by atoms with Gasteiger partial charge in [0.05, 0.1) is 0 Å². The molecule has 0 radical (unpaired) electrons. The molecule has 1 aromatic heterocycles. The smallest absolute Gasteiger partial charge is 0.0388 e. The molecule has 1 aliphatic rings. The third kappa shape index (κ3) is 4.09. The maximum absolute atomic E-state index is 3.70. The van der Waals surface area contributed by atoms with E-state index in [-0.39, 0.29) is 0 Å². The highest BCUT2D eigenvalue weighted by Crippen LogP contribution is 2.20. The van der Waals surface area contributed by atoms with Gasteiger partial charge in [0.1, 0.15) is 0 Å². The summed E-state index contributed by atoms with van der Waals surface area (Å²) in [6.45, 7) is 5.77. The molecule has 1 aromatic rings. The van der Waals surface area contributed by atoms with Crippen molar-refractivity contribution in [2.45, 2.75) is 57.7 Å². The average molecular weight is 252 g/mol. The molecule has 2 nitrogen and oxygen atoms in total. The van der Waals surface area contributed by atoms with Gasteiger partial charge >= 0.3 is 0 Å². The minimum Gasteiger partial charge on any atom is -0.314 e. The molecule has 0 bridgehead atoms. The molecule has 17 heavy (non-hydrogen) atoms. The summed E-state index contributed by atoms with van der Waals surface area (Å²) < 4.78 is 0. The Hall–Kier alpha value is -0.380. The van der Waals surface area contributed by atoms with E-state index in [4.69, 9.17) is 0 Å². The summed E-state index contributed by atoms with van der Waals surface area (Å²) in [7, 11) is 0. The Kier molecular flexibility index (Phi) is 5.01. The Morgan fingerprint density at radius 2 is 2.35 bits per heavy atom. The van der Waals surface area contributed by atoms with Crippen molar-refractivity contribution >= 4 is 11.3 Å². The molecule has 0 spiro atoms. The molecule has 3 heteroatoms. The van der Waals surface area contributed by atoms with Crippen LogP contribution in [0.5, 0.6) is 0 Å². The largest absolute Gasteiger partial charge is 0.314 e. The Balaban J connectivity index is 1.74. The van der Waals surface area contributed by atoms with Crippen molar-refractivity contribution in [2.24, 2.45) is 0 Å². The van der Waals surface area contributed by atoms with Gasteiger partial charge in [0.2, 0.25) is 0 Å². The van der Waals surface area contributed by atoms with Gasteiger partial charge in [0.25, 0.3) is 0 Å². The van der Waals surface area contributed by atoms with E-state index >= 15 is 0 Å². The van der Waals surface area contributed by atoms with Crippen molar-refractivity contribution in [2.75, 3.05) is 6.54 Å². The lowest BCUT2D eigenvalue weighted by Gasteiger charge is -2.28. The predicted molar refractivity (Wildman–Crippen MR) is 75.6 cm³/mol. The SMILES string of the molecule is CC(CC1CCCCN1)N[C@@H](C)c1cccs1. The van der Waals surface area contributed by atoms with Gasteiger partial charge in [-0.15, -0.1) is 11.3 Å². The third-order valence-electron chi connectivity index (χ3n) is 3.55. The predicted octanol–water partition coefficient (Wildman–Crippen LogP) is 3.32. The highest BCUT2D eigenvalue weighted by atomic mass is 32.1. The van der Waals surface area contributed by atoms with E-state index in [0.29, 0.717) is 12.1 Å². The van der Waals surface area contributed by atoms with Crippen LogP contribution in [0, 0.1) is 0 Å². The summed E-state index contributed by atoms with van der Waals surface area (Å²) in [5.41, 5.74) is 0. The first-order chi connectivity index (χ1) is 8.25. The summed E-state index contributed by atoms with van der Waals surface area (Å²) in [4.78, 5) is 1.44. The topological polar surface area (TPSA) is 24.1 Å². The molecule has 0 saturated carbocycles. The van der Waals surface area contributed by atoms with E-state index in [9.17, 15) is 0 Å². The van der Waals surface area contributed by atoms with Crippen LogP contribution in [0.3, 0.4) is 0 Å². The fourth-order valence-corrected chi connectivity index (χ4v) is 3.41. The van der Waals surface area contributed by atoms with Gasteiger partial charge < -0.3 is 10.6 Å². The van der Waals surface area contributed by atoms with Gasteiger partial charge in [-0.25, -0.2) is 0 Å². The van der Waals surface area contributed by atoms with Crippen LogP contribution < -0.4 is 10.6 Å². The second kappa shape index (κ2) is 6.53. The molecule has 2 heterocycles. The number of hydrogen-bond donors (Lipinski definition) is 2. The molecule has 1 aliphatic heterocycles. The van der Waals surface area contributed by atoms with E-state index < -0.39 is 0 Å². The molecule has 0 amide bonds. The maximum atomic E-state index is 3.70. The first kappa shape index (κ1) is 13.1. The van der Waals surface area contributed by atoms with Crippen LogP contribution in [0.1, 0.15) is 50.4 Å². The van der Waals surface area contributed by atoms with Gasteiger partial charge in [-0.3, -0.25) is 0 Å². The van der Waals surface area contributed by atoms with Crippen molar-refractivity contribution in [1.82, 2.24) is 10.6 Å². The molecule has 2 rings (SSSR count). The van der Waals surface area contributed by atoms with Gasteiger partial charge in [0, 0.05) is 23.0 Å². The van der Waals surface area contributed by atoms with E-state index in [1.54, 1.807) is 0 Å². The molecule has 2 N–H and O–H groups in total. The number of piperidine rings is 1. The van der Waals surface area contributed by atoms with Crippen LogP contribution in [-0.2, 0) is 0 Å². The van der Waals surface area contributed by atoms with Crippen molar-refractivity contribution in [3.05, 3.63) is 22.4 Å². The molecular formula is C14H24N2S. The van der Waals surface area contributed by atoms with Gasteiger partial charge in [0.15, 0.2) is 0 Å². The maximum Gasteiger partial charge on any atom is 0.0388 e. The number of hydrogen-bond acceptors (Lipinski definition) is 3.